The summed E-state index contributed by atoms with van der Waals surface area (Å²) in [6.45, 7) is 0. The Hall–Kier alpha value is -0.930. The van der Waals surface area contributed by atoms with E-state index in [9.17, 15) is 0 Å². The summed E-state index contributed by atoms with van der Waals surface area (Å²) in [5.41, 5.74) is 2.91. The van der Waals surface area contributed by atoms with E-state index in [4.69, 9.17) is 11.6 Å². The number of benzene rings is 1. The molecule has 0 saturated heterocycles. The van der Waals surface area contributed by atoms with Crippen molar-refractivity contribution in [3.8, 4) is 0 Å². The van der Waals surface area contributed by atoms with Gasteiger partial charge in [-0.25, -0.2) is 4.98 Å². The Bertz CT molecular complexity index is 509. The second-order valence-corrected chi connectivity index (χ2v) is 5.45. The Labute approximate surface area is 103 Å². The average Bonchev–Trinajstić information content (AvgIpc) is 2.75. The van der Waals surface area contributed by atoms with Gasteiger partial charge in [-0.05, 0) is 53.5 Å². The minimum atomic E-state index is 0.443. The minimum absolute atomic E-state index is 0.443. The van der Waals surface area contributed by atoms with Gasteiger partial charge in [-0.1, -0.05) is 24.3 Å². The first-order valence-corrected chi connectivity index (χ1v) is 6.54. The third-order valence-electron chi connectivity index (χ3n) is 3.13. The number of halogens is 1. The lowest BCUT2D eigenvalue weighted by atomic mass is 9.83. The fourth-order valence-corrected chi connectivity index (χ4v) is 2.98. The van der Waals surface area contributed by atoms with Crippen LogP contribution in [0.5, 0.6) is 0 Å². The first kappa shape index (κ1) is 10.2. The molecule has 0 fully saturated rings. The van der Waals surface area contributed by atoms with E-state index in [1.807, 2.05) is 0 Å². The van der Waals surface area contributed by atoms with Crippen LogP contribution in [0.4, 0.5) is 0 Å². The SMILES string of the molecule is Clc1nc(C2CCc3ccccc3C2)ns1. The van der Waals surface area contributed by atoms with Gasteiger partial charge in [0.15, 0.2) is 0 Å². The summed E-state index contributed by atoms with van der Waals surface area (Å²) >= 11 is 7.11. The quantitative estimate of drug-likeness (QED) is 0.775. The molecule has 4 heteroatoms. The predicted octanol–water partition coefficient (Wildman–Crippen LogP) is 3.46. The number of hydrogen-bond donors (Lipinski definition) is 0. The van der Waals surface area contributed by atoms with Gasteiger partial charge in [0.05, 0.1) is 0 Å². The average molecular weight is 251 g/mol. The normalized spacial score (nSPS) is 19.4. The number of fused-ring (bicyclic) bond motifs is 1. The molecule has 1 heterocycles. The molecule has 1 aliphatic carbocycles. The van der Waals surface area contributed by atoms with Crippen molar-refractivity contribution in [3.05, 3.63) is 45.7 Å². The van der Waals surface area contributed by atoms with Crippen LogP contribution in [0.1, 0.15) is 29.3 Å². The molecule has 1 aliphatic rings. The smallest absolute Gasteiger partial charge is 0.203 e. The van der Waals surface area contributed by atoms with Gasteiger partial charge in [-0.3, -0.25) is 0 Å². The molecule has 0 bridgehead atoms. The summed E-state index contributed by atoms with van der Waals surface area (Å²) in [6, 6.07) is 8.63. The summed E-state index contributed by atoms with van der Waals surface area (Å²) in [7, 11) is 0. The highest BCUT2D eigenvalue weighted by atomic mass is 35.5. The molecule has 2 aromatic rings. The third-order valence-corrected chi connectivity index (χ3v) is 3.94. The lowest BCUT2D eigenvalue weighted by Crippen LogP contribution is -2.13. The molecule has 1 unspecified atom stereocenters. The maximum absolute atomic E-state index is 5.82. The molecule has 3 rings (SSSR count). The Morgan fingerprint density at radius 3 is 2.81 bits per heavy atom. The van der Waals surface area contributed by atoms with Crippen LogP contribution in [0.3, 0.4) is 0 Å². The fraction of sp³-hybridized carbons (Fsp3) is 0.333. The van der Waals surface area contributed by atoms with Gasteiger partial charge >= 0.3 is 0 Å². The number of aryl methyl sites for hydroxylation is 1. The van der Waals surface area contributed by atoms with Gasteiger partial charge in [-0.15, -0.1) is 0 Å². The van der Waals surface area contributed by atoms with Crippen molar-refractivity contribution in [2.24, 2.45) is 0 Å². The molecule has 82 valence electrons. The molecule has 0 N–H and O–H groups in total. The summed E-state index contributed by atoms with van der Waals surface area (Å²) in [6.07, 6.45) is 3.30. The van der Waals surface area contributed by atoms with Crippen LogP contribution in [0.15, 0.2) is 24.3 Å². The van der Waals surface area contributed by atoms with Gasteiger partial charge in [0.2, 0.25) is 4.47 Å². The summed E-state index contributed by atoms with van der Waals surface area (Å²) in [5.74, 6) is 1.36. The van der Waals surface area contributed by atoms with E-state index in [0.29, 0.717) is 10.4 Å². The van der Waals surface area contributed by atoms with Crippen LogP contribution in [-0.4, -0.2) is 9.36 Å². The van der Waals surface area contributed by atoms with Gasteiger partial charge in [0.25, 0.3) is 0 Å². The molecule has 16 heavy (non-hydrogen) atoms. The molecule has 0 spiro atoms. The van der Waals surface area contributed by atoms with E-state index >= 15 is 0 Å². The predicted molar refractivity (Wildman–Crippen MR) is 66.1 cm³/mol. The lowest BCUT2D eigenvalue weighted by Gasteiger charge is -2.22. The molecule has 0 saturated carbocycles. The van der Waals surface area contributed by atoms with Crippen molar-refractivity contribution in [1.82, 2.24) is 9.36 Å². The van der Waals surface area contributed by atoms with Gasteiger partial charge in [0, 0.05) is 5.92 Å². The second kappa shape index (κ2) is 4.15. The Balaban J connectivity index is 1.88. The third kappa shape index (κ3) is 1.85. The standard InChI is InChI=1S/C12H11ClN2S/c13-12-14-11(15-16-12)10-6-5-8-3-1-2-4-9(8)7-10/h1-4,10H,5-7H2. The van der Waals surface area contributed by atoms with E-state index in [2.05, 4.69) is 33.6 Å². The zero-order valence-electron chi connectivity index (χ0n) is 8.69. The molecule has 2 nitrogen and oxygen atoms in total. The fourth-order valence-electron chi connectivity index (χ4n) is 2.30. The molecular formula is C12H11ClN2S. The molecule has 0 radical (unpaired) electrons. The maximum atomic E-state index is 5.82. The molecule has 0 amide bonds. The van der Waals surface area contributed by atoms with Gasteiger partial charge < -0.3 is 0 Å². The van der Waals surface area contributed by atoms with Crippen LogP contribution in [0.2, 0.25) is 4.47 Å². The van der Waals surface area contributed by atoms with Crippen LogP contribution in [0, 0.1) is 0 Å². The zero-order valence-corrected chi connectivity index (χ0v) is 10.3. The topological polar surface area (TPSA) is 25.8 Å². The summed E-state index contributed by atoms with van der Waals surface area (Å²) in [5, 5.41) is 0. The van der Waals surface area contributed by atoms with E-state index in [1.165, 1.54) is 22.7 Å². The number of rotatable bonds is 1. The van der Waals surface area contributed by atoms with E-state index < -0.39 is 0 Å². The van der Waals surface area contributed by atoms with Crippen LogP contribution in [0.25, 0.3) is 0 Å². The highest BCUT2D eigenvalue weighted by Crippen LogP contribution is 2.32. The van der Waals surface area contributed by atoms with Crippen molar-refractivity contribution >= 4 is 23.1 Å². The second-order valence-electron chi connectivity index (χ2n) is 4.11. The van der Waals surface area contributed by atoms with Crippen molar-refractivity contribution < 1.29 is 0 Å². The summed E-state index contributed by atoms with van der Waals surface area (Å²) in [4.78, 5) is 4.28. The molecule has 1 aromatic heterocycles. The minimum Gasteiger partial charge on any atom is -0.208 e. The Morgan fingerprint density at radius 1 is 1.25 bits per heavy atom. The number of nitrogens with zero attached hydrogens (tertiary/aromatic N) is 2. The van der Waals surface area contributed by atoms with Crippen LogP contribution in [-0.2, 0) is 12.8 Å². The van der Waals surface area contributed by atoms with E-state index in [-0.39, 0.29) is 0 Å². The first-order valence-electron chi connectivity index (χ1n) is 5.39. The molecular weight excluding hydrogens is 240 g/mol. The van der Waals surface area contributed by atoms with Crippen molar-refractivity contribution in [2.75, 3.05) is 0 Å². The van der Waals surface area contributed by atoms with Crippen molar-refractivity contribution in [1.29, 1.82) is 0 Å². The lowest BCUT2D eigenvalue weighted by molar-refractivity contribution is 0.561. The van der Waals surface area contributed by atoms with E-state index in [1.54, 1.807) is 0 Å². The first-order chi connectivity index (χ1) is 7.83. The Morgan fingerprint density at radius 2 is 2.06 bits per heavy atom. The maximum Gasteiger partial charge on any atom is 0.203 e. The number of hydrogen-bond acceptors (Lipinski definition) is 3. The van der Waals surface area contributed by atoms with Crippen LogP contribution >= 0.6 is 23.1 Å². The molecule has 1 atom stereocenters. The highest BCUT2D eigenvalue weighted by molar-refractivity contribution is 7.10. The van der Waals surface area contributed by atoms with Gasteiger partial charge in [-0.2, -0.15) is 4.37 Å². The Kier molecular flexibility index (Phi) is 2.65. The van der Waals surface area contributed by atoms with Gasteiger partial charge in [0.1, 0.15) is 5.82 Å². The monoisotopic (exact) mass is 250 g/mol. The number of aromatic nitrogens is 2. The van der Waals surface area contributed by atoms with Crippen molar-refractivity contribution in [3.63, 3.8) is 0 Å². The largest absolute Gasteiger partial charge is 0.208 e. The van der Waals surface area contributed by atoms with Crippen molar-refractivity contribution in [2.45, 2.75) is 25.2 Å². The highest BCUT2D eigenvalue weighted by Gasteiger charge is 2.22. The molecule has 1 aromatic carbocycles. The van der Waals surface area contributed by atoms with E-state index in [0.717, 1.165) is 25.1 Å². The van der Waals surface area contributed by atoms with Crippen LogP contribution < -0.4 is 0 Å². The summed E-state index contributed by atoms with van der Waals surface area (Å²) < 4.78 is 4.86. The zero-order chi connectivity index (χ0) is 11.0. The molecule has 0 aliphatic heterocycles.